The number of aromatic nitrogens is 3. The first-order chi connectivity index (χ1) is 10.4. The minimum absolute atomic E-state index is 0.999. The van der Waals surface area contributed by atoms with Gasteiger partial charge in [-0.2, -0.15) is 0 Å². The molecule has 0 fully saturated rings. The number of benzene rings is 2. The molecule has 0 saturated heterocycles. The highest BCUT2D eigenvalue weighted by atomic mass is 15.4. The molecule has 3 rings (SSSR count). The molecule has 0 aliphatic heterocycles. The van der Waals surface area contributed by atoms with Crippen molar-refractivity contribution < 1.29 is 0 Å². The Bertz CT molecular complexity index is 684. The van der Waals surface area contributed by atoms with E-state index in [0.29, 0.717) is 0 Å². The molecule has 0 bridgehead atoms. The normalized spacial score (nSPS) is 10.7. The van der Waals surface area contributed by atoms with E-state index in [2.05, 4.69) is 65.8 Å². The van der Waals surface area contributed by atoms with Gasteiger partial charge in [0.25, 0.3) is 0 Å². The summed E-state index contributed by atoms with van der Waals surface area (Å²) in [5.41, 5.74) is 4.55. The maximum atomic E-state index is 4.22. The number of aryl methyl sites for hydroxylation is 1. The molecule has 0 spiro atoms. The molecule has 21 heavy (non-hydrogen) atoms. The molecule has 0 saturated carbocycles. The van der Waals surface area contributed by atoms with Crippen LogP contribution in [0.2, 0.25) is 0 Å². The van der Waals surface area contributed by atoms with E-state index in [0.717, 1.165) is 24.2 Å². The standard InChI is InChI=1S/C18H19N3/c1-2-3-9-17-14-21(20-19-17)18-12-10-16(11-13-18)15-7-5-4-6-8-15/h4-8,10-14H,2-3,9H2,1H3. The summed E-state index contributed by atoms with van der Waals surface area (Å²) < 4.78 is 1.85. The molecule has 0 aliphatic carbocycles. The second-order valence-electron chi connectivity index (χ2n) is 5.17. The Labute approximate surface area is 125 Å². The van der Waals surface area contributed by atoms with Crippen molar-refractivity contribution in [2.75, 3.05) is 0 Å². The van der Waals surface area contributed by atoms with E-state index in [4.69, 9.17) is 0 Å². The summed E-state index contributed by atoms with van der Waals surface area (Å²) in [5, 5.41) is 8.43. The fourth-order valence-electron chi connectivity index (χ4n) is 2.33. The van der Waals surface area contributed by atoms with Gasteiger partial charge in [-0.05, 0) is 36.1 Å². The molecule has 0 N–H and O–H groups in total. The van der Waals surface area contributed by atoms with E-state index >= 15 is 0 Å². The molecular weight excluding hydrogens is 258 g/mol. The summed E-state index contributed by atoms with van der Waals surface area (Å²) >= 11 is 0. The molecule has 106 valence electrons. The van der Waals surface area contributed by atoms with Crippen LogP contribution in [0.25, 0.3) is 16.8 Å². The van der Waals surface area contributed by atoms with Gasteiger partial charge in [0, 0.05) is 0 Å². The molecule has 0 amide bonds. The number of hydrogen-bond donors (Lipinski definition) is 0. The summed E-state index contributed by atoms with van der Waals surface area (Å²) in [6.45, 7) is 2.19. The van der Waals surface area contributed by atoms with Crippen molar-refractivity contribution >= 4 is 0 Å². The fourth-order valence-corrected chi connectivity index (χ4v) is 2.33. The lowest BCUT2D eigenvalue weighted by atomic mass is 10.1. The molecule has 0 radical (unpaired) electrons. The van der Waals surface area contributed by atoms with Crippen molar-refractivity contribution in [3.05, 3.63) is 66.5 Å². The van der Waals surface area contributed by atoms with Crippen LogP contribution in [0.1, 0.15) is 25.5 Å². The molecule has 1 heterocycles. The smallest absolute Gasteiger partial charge is 0.0831 e. The monoisotopic (exact) mass is 277 g/mol. The fraction of sp³-hybridized carbons (Fsp3) is 0.222. The molecular formula is C18H19N3. The highest BCUT2D eigenvalue weighted by Gasteiger charge is 2.03. The van der Waals surface area contributed by atoms with E-state index in [1.54, 1.807) is 0 Å². The first kappa shape index (κ1) is 13.6. The van der Waals surface area contributed by atoms with Crippen LogP contribution in [0.4, 0.5) is 0 Å². The van der Waals surface area contributed by atoms with Crippen LogP contribution >= 0.6 is 0 Å². The SMILES string of the molecule is CCCCc1cn(-c2ccc(-c3ccccc3)cc2)nn1. The van der Waals surface area contributed by atoms with Crippen LogP contribution in [0, 0.1) is 0 Å². The Morgan fingerprint density at radius 1 is 0.905 bits per heavy atom. The minimum atomic E-state index is 0.999. The van der Waals surface area contributed by atoms with E-state index in [1.165, 1.54) is 17.5 Å². The summed E-state index contributed by atoms with van der Waals surface area (Å²) in [5.74, 6) is 0. The highest BCUT2D eigenvalue weighted by Crippen LogP contribution is 2.20. The average Bonchev–Trinajstić information content (AvgIpc) is 3.03. The minimum Gasteiger partial charge on any atom is -0.220 e. The van der Waals surface area contributed by atoms with Crippen LogP contribution in [0.15, 0.2) is 60.8 Å². The Morgan fingerprint density at radius 2 is 1.62 bits per heavy atom. The van der Waals surface area contributed by atoms with Crippen molar-refractivity contribution in [3.63, 3.8) is 0 Å². The maximum absolute atomic E-state index is 4.22. The third-order valence-electron chi connectivity index (χ3n) is 3.57. The number of rotatable bonds is 5. The van der Waals surface area contributed by atoms with Crippen molar-refractivity contribution in [3.8, 4) is 16.8 Å². The Balaban J connectivity index is 1.79. The lowest BCUT2D eigenvalue weighted by molar-refractivity contribution is 0.761. The molecule has 3 heteroatoms. The zero-order valence-corrected chi connectivity index (χ0v) is 12.2. The van der Waals surface area contributed by atoms with Crippen LogP contribution in [0.3, 0.4) is 0 Å². The second-order valence-corrected chi connectivity index (χ2v) is 5.17. The Hall–Kier alpha value is -2.42. The third-order valence-corrected chi connectivity index (χ3v) is 3.57. The van der Waals surface area contributed by atoms with Crippen LogP contribution in [0.5, 0.6) is 0 Å². The predicted octanol–water partition coefficient (Wildman–Crippen LogP) is 4.28. The topological polar surface area (TPSA) is 30.7 Å². The lowest BCUT2D eigenvalue weighted by Gasteiger charge is -2.04. The Kier molecular flexibility index (Phi) is 4.10. The van der Waals surface area contributed by atoms with Crippen LogP contribution < -0.4 is 0 Å². The largest absolute Gasteiger partial charge is 0.220 e. The number of hydrogen-bond acceptors (Lipinski definition) is 2. The van der Waals surface area contributed by atoms with Gasteiger partial charge in [-0.15, -0.1) is 5.10 Å². The van der Waals surface area contributed by atoms with Gasteiger partial charge in [-0.1, -0.05) is 61.0 Å². The molecule has 1 aromatic heterocycles. The van der Waals surface area contributed by atoms with Crippen molar-refractivity contribution in [1.82, 2.24) is 15.0 Å². The highest BCUT2D eigenvalue weighted by molar-refractivity contribution is 5.64. The molecule has 2 aromatic carbocycles. The third kappa shape index (κ3) is 3.19. The summed E-state index contributed by atoms with van der Waals surface area (Å²) in [7, 11) is 0. The first-order valence-electron chi connectivity index (χ1n) is 7.44. The van der Waals surface area contributed by atoms with E-state index in [9.17, 15) is 0 Å². The van der Waals surface area contributed by atoms with Crippen LogP contribution in [-0.2, 0) is 6.42 Å². The predicted molar refractivity (Wildman–Crippen MR) is 85.4 cm³/mol. The molecule has 3 aromatic rings. The van der Waals surface area contributed by atoms with E-state index in [1.807, 2.05) is 16.9 Å². The summed E-state index contributed by atoms with van der Waals surface area (Å²) in [6.07, 6.45) is 5.36. The van der Waals surface area contributed by atoms with Gasteiger partial charge >= 0.3 is 0 Å². The Morgan fingerprint density at radius 3 is 2.33 bits per heavy atom. The zero-order chi connectivity index (χ0) is 14.5. The number of nitrogens with zero attached hydrogens (tertiary/aromatic N) is 3. The molecule has 0 atom stereocenters. The second kappa shape index (κ2) is 6.35. The van der Waals surface area contributed by atoms with Gasteiger partial charge in [0.15, 0.2) is 0 Å². The van der Waals surface area contributed by atoms with Crippen molar-refractivity contribution in [1.29, 1.82) is 0 Å². The molecule has 0 aliphatic rings. The van der Waals surface area contributed by atoms with Gasteiger partial charge in [-0.25, -0.2) is 4.68 Å². The van der Waals surface area contributed by atoms with Crippen LogP contribution in [-0.4, -0.2) is 15.0 Å². The van der Waals surface area contributed by atoms with Crippen molar-refractivity contribution in [2.24, 2.45) is 0 Å². The van der Waals surface area contributed by atoms with Crippen molar-refractivity contribution in [2.45, 2.75) is 26.2 Å². The maximum Gasteiger partial charge on any atom is 0.0831 e. The van der Waals surface area contributed by atoms with Gasteiger partial charge in [0.05, 0.1) is 17.6 Å². The average molecular weight is 277 g/mol. The lowest BCUT2D eigenvalue weighted by Crippen LogP contribution is -1.94. The molecule has 3 nitrogen and oxygen atoms in total. The quantitative estimate of drug-likeness (QED) is 0.697. The van der Waals surface area contributed by atoms with Gasteiger partial charge in [-0.3, -0.25) is 0 Å². The van der Waals surface area contributed by atoms with Gasteiger partial charge < -0.3 is 0 Å². The zero-order valence-electron chi connectivity index (χ0n) is 12.2. The van der Waals surface area contributed by atoms with E-state index in [-0.39, 0.29) is 0 Å². The number of unbranched alkanes of at least 4 members (excludes halogenated alkanes) is 1. The van der Waals surface area contributed by atoms with E-state index < -0.39 is 0 Å². The molecule has 0 unspecified atom stereocenters. The summed E-state index contributed by atoms with van der Waals surface area (Å²) in [6, 6.07) is 18.8. The summed E-state index contributed by atoms with van der Waals surface area (Å²) in [4.78, 5) is 0. The van der Waals surface area contributed by atoms with Gasteiger partial charge in [0.2, 0.25) is 0 Å². The first-order valence-corrected chi connectivity index (χ1v) is 7.44. The van der Waals surface area contributed by atoms with Gasteiger partial charge in [0.1, 0.15) is 0 Å².